The third-order valence-corrected chi connectivity index (χ3v) is 10.4. The lowest BCUT2D eigenvalue weighted by atomic mass is 9.94. The van der Waals surface area contributed by atoms with Crippen LogP contribution in [0.5, 0.6) is 0 Å². The zero-order valence-corrected chi connectivity index (χ0v) is 34.3. The van der Waals surface area contributed by atoms with E-state index in [2.05, 4.69) is 37.2 Å². The molecule has 0 aliphatic carbocycles. The van der Waals surface area contributed by atoms with Gasteiger partial charge in [0, 0.05) is 33.9 Å². The normalized spacial score (nSPS) is 34.9. The lowest BCUT2D eigenvalue weighted by Crippen LogP contribution is -2.71. The summed E-state index contributed by atoms with van der Waals surface area (Å²) in [5.74, 6) is -1.55. The van der Waals surface area contributed by atoms with Crippen LogP contribution in [0.1, 0.15) is 59.3 Å². The molecule has 0 spiro atoms. The number of nitrogens with one attached hydrogen (secondary N) is 7. The Morgan fingerprint density at radius 3 is 1.34 bits per heavy atom. The highest BCUT2D eigenvalue weighted by Gasteiger charge is 2.52. The predicted molar refractivity (Wildman–Crippen MR) is 210 cm³/mol. The Morgan fingerprint density at radius 2 is 0.897 bits per heavy atom. The second-order valence-electron chi connectivity index (χ2n) is 14.4. The van der Waals surface area contributed by atoms with Crippen molar-refractivity contribution in [3.05, 3.63) is 0 Å². The first-order valence-corrected chi connectivity index (χ1v) is 20.1. The molecule has 0 saturated carbocycles. The van der Waals surface area contributed by atoms with Gasteiger partial charge in [0.25, 0.3) is 0 Å². The summed E-state index contributed by atoms with van der Waals surface area (Å²) in [7, 11) is 0. The third kappa shape index (κ3) is 14.5. The molecule has 3 aliphatic rings. The molecule has 0 radical (unpaired) electrons. The molecule has 58 heavy (non-hydrogen) atoms. The number of carbonyl (C=O) groups excluding carboxylic acids is 3. The number of hydrogen-bond acceptors (Lipinski definition) is 17. The molecule has 0 unspecified atom stereocenters. The van der Waals surface area contributed by atoms with Crippen LogP contribution in [-0.4, -0.2) is 194 Å². The van der Waals surface area contributed by atoms with Gasteiger partial charge in [-0.1, -0.05) is 25.7 Å². The van der Waals surface area contributed by atoms with Crippen LogP contribution in [0.4, 0.5) is 0 Å². The van der Waals surface area contributed by atoms with Crippen molar-refractivity contribution < 1.29 is 74.2 Å². The zero-order chi connectivity index (χ0) is 43.1. The third-order valence-electron chi connectivity index (χ3n) is 9.83. The van der Waals surface area contributed by atoms with Crippen molar-refractivity contribution in [2.75, 3.05) is 32.9 Å². The fraction of sp³-hybridized carbons (Fsp3) is 0.853. The van der Waals surface area contributed by atoms with Crippen molar-refractivity contribution in [3.8, 4) is 0 Å². The minimum atomic E-state index is -1.62. The van der Waals surface area contributed by atoms with Gasteiger partial charge in [-0.25, -0.2) is 0 Å². The van der Waals surface area contributed by atoms with Crippen molar-refractivity contribution in [2.45, 2.75) is 151 Å². The first-order chi connectivity index (χ1) is 27.5. The Bertz CT molecular complexity index is 1350. The molecule has 3 saturated heterocycles. The molecule has 0 aromatic heterocycles. The fourth-order valence-corrected chi connectivity index (χ4v) is 7.32. The van der Waals surface area contributed by atoms with Crippen LogP contribution in [0, 0.1) is 0 Å². The van der Waals surface area contributed by atoms with Crippen molar-refractivity contribution in [1.29, 1.82) is 0 Å². The average molecular weight is 872 g/mol. The Balaban J connectivity index is 1.40. The molecule has 3 aliphatic heterocycles. The van der Waals surface area contributed by atoms with Crippen LogP contribution in [-0.2, 0) is 33.3 Å². The Labute approximate surface area is 347 Å². The highest BCUT2D eigenvalue weighted by molar-refractivity contribution is 7.80. The van der Waals surface area contributed by atoms with E-state index in [1.165, 1.54) is 20.8 Å². The summed E-state index contributed by atoms with van der Waals surface area (Å²) in [5, 5.41) is 102. The Morgan fingerprint density at radius 1 is 0.517 bits per heavy atom. The van der Waals surface area contributed by atoms with Gasteiger partial charge in [0.05, 0.1) is 19.8 Å². The van der Waals surface area contributed by atoms with Gasteiger partial charge in [0.2, 0.25) is 17.7 Å². The van der Waals surface area contributed by atoms with Gasteiger partial charge in [-0.05, 0) is 37.3 Å². The summed E-state index contributed by atoms with van der Waals surface area (Å²) in [5.41, 5.74) is 0. The monoisotopic (exact) mass is 871 g/mol. The van der Waals surface area contributed by atoms with E-state index in [1.807, 2.05) is 0 Å². The largest absolute Gasteiger partial charge is 0.394 e. The number of carbonyl (C=O) groups is 3. The molecule has 334 valence electrons. The highest BCUT2D eigenvalue weighted by atomic mass is 32.1. The van der Waals surface area contributed by atoms with Crippen LogP contribution < -0.4 is 37.2 Å². The number of aliphatic hydroxyl groups excluding tert-OH is 8. The topological polar surface area (TPSA) is 334 Å². The zero-order valence-electron chi connectivity index (χ0n) is 32.7. The SMILES string of the molecule is CC(=O)N[C@@H]1[C@@H](O)[C@H](O[C@@H]2O[C@H](CO)[C@H](O)[C@H](O)[C@H]2NC(C)=O)[C@@H](CO)O[C@H]1NC(=S)NCCCCCCCCNC(=S)N[C@@H]1O[C@H](CO)[C@@H](O)[C@H](O)[C@H]1NC(C)=O. The van der Waals surface area contributed by atoms with E-state index in [-0.39, 0.29) is 10.2 Å². The molecule has 0 bridgehead atoms. The molecule has 15 atom stereocenters. The first-order valence-electron chi connectivity index (χ1n) is 19.3. The van der Waals surface area contributed by atoms with E-state index in [0.29, 0.717) is 13.1 Å². The van der Waals surface area contributed by atoms with E-state index < -0.39 is 129 Å². The van der Waals surface area contributed by atoms with E-state index in [4.69, 9.17) is 43.4 Å². The van der Waals surface area contributed by atoms with Gasteiger partial charge in [0.15, 0.2) is 29.0 Å². The van der Waals surface area contributed by atoms with Gasteiger partial charge >= 0.3 is 0 Å². The molecule has 3 heterocycles. The van der Waals surface area contributed by atoms with Crippen molar-refractivity contribution in [2.24, 2.45) is 0 Å². The maximum absolute atomic E-state index is 12.2. The number of unbranched alkanes of at least 4 members (excludes halogenated alkanes) is 5. The summed E-state index contributed by atoms with van der Waals surface area (Å²) < 4.78 is 23.2. The number of rotatable bonds is 19. The van der Waals surface area contributed by atoms with Gasteiger partial charge < -0.3 is 97.0 Å². The lowest BCUT2D eigenvalue weighted by Gasteiger charge is -2.48. The van der Waals surface area contributed by atoms with Crippen LogP contribution in [0.3, 0.4) is 0 Å². The first kappa shape index (κ1) is 49.7. The summed E-state index contributed by atoms with van der Waals surface area (Å²) in [6.07, 6.45) is -10.9. The number of thiocarbonyl (C=S) groups is 2. The molecule has 3 amide bonds. The quantitative estimate of drug-likeness (QED) is 0.0425. The van der Waals surface area contributed by atoms with Crippen LogP contribution in [0.2, 0.25) is 0 Å². The molecular weight excluding hydrogens is 811 g/mol. The summed E-state index contributed by atoms with van der Waals surface area (Å²) in [4.78, 5) is 35.6. The fourth-order valence-electron chi connectivity index (χ4n) is 6.89. The molecule has 24 heteroatoms. The molecular formula is C34H61N7O15S2. The smallest absolute Gasteiger partial charge is 0.217 e. The molecule has 3 fully saturated rings. The lowest BCUT2D eigenvalue weighted by molar-refractivity contribution is -0.315. The molecule has 3 rings (SSSR count). The second kappa shape index (κ2) is 24.5. The molecule has 22 nitrogen and oxygen atoms in total. The van der Waals surface area contributed by atoms with Crippen LogP contribution in [0.15, 0.2) is 0 Å². The number of hydrogen-bond donors (Lipinski definition) is 15. The maximum Gasteiger partial charge on any atom is 0.217 e. The summed E-state index contributed by atoms with van der Waals surface area (Å²) in [6.45, 7) is 2.80. The van der Waals surface area contributed by atoms with Crippen LogP contribution >= 0.6 is 24.4 Å². The van der Waals surface area contributed by atoms with Gasteiger partial charge in [-0.15, -0.1) is 0 Å². The molecule has 0 aromatic rings. The van der Waals surface area contributed by atoms with Crippen molar-refractivity contribution in [3.63, 3.8) is 0 Å². The predicted octanol–water partition coefficient (Wildman–Crippen LogP) is -5.89. The van der Waals surface area contributed by atoms with E-state index in [9.17, 15) is 55.2 Å². The average Bonchev–Trinajstić information content (AvgIpc) is 3.16. The number of aliphatic hydroxyl groups is 8. The Hall–Kier alpha value is -2.69. The molecule has 0 aromatic carbocycles. The maximum atomic E-state index is 12.2. The number of amides is 3. The second-order valence-corrected chi connectivity index (χ2v) is 15.3. The number of ether oxygens (including phenoxy) is 4. The minimum Gasteiger partial charge on any atom is -0.394 e. The molecule has 15 N–H and O–H groups in total. The van der Waals surface area contributed by atoms with E-state index >= 15 is 0 Å². The Kier molecular flexibility index (Phi) is 21.0. The van der Waals surface area contributed by atoms with Crippen molar-refractivity contribution >= 4 is 52.4 Å². The summed E-state index contributed by atoms with van der Waals surface area (Å²) in [6, 6.07) is -3.50. The minimum absolute atomic E-state index is 0.156. The van der Waals surface area contributed by atoms with Gasteiger partial charge in [-0.2, -0.15) is 0 Å². The van der Waals surface area contributed by atoms with Crippen molar-refractivity contribution in [1.82, 2.24) is 37.2 Å². The van der Waals surface area contributed by atoms with E-state index in [0.717, 1.165) is 38.5 Å². The summed E-state index contributed by atoms with van der Waals surface area (Å²) >= 11 is 10.8. The standard InChI is InChI=1S/C34H61N7O15S2/c1-15(45)37-21-26(50)24(48)18(12-42)53-30(21)40-33(57)35-10-8-6-4-5-7-9-11-36-34(58)41-31-22(38-16(2)46)28(52)29(20(14-44)54-31)56-32-23(39-17(3)47)27(51)25(49)19(13-43)55-32/h18-32,42-44,48-52H,4-14H2,1-3H3,(H,37,45)(H,38,46)(H,39,47)(H2,35,40,57)(H2,36,41,58)/t18-,19-,20-,21-,22-,23-,24-,25+,26-,27-,28-,29-,30-,31-,32+/m1/s1. The van der Waals surface area contributed by atoms with Crippen LogP contribution in [0.25, 0.3) is 0 Å². The highest BCUT2D eigenvalue weighted by Crippen LogP contribution is 2.29. The van der Waals surface area contributed by atoms with E-state index in [1.54, 1.807) is 0 Å². The van der Waals surface area contributed by atoms with Gasteiger partial charge in [0.1, 0.15) is 73.1 Å². The van der Waals surface area contributed by atoms with Gasteiger partial charge in [-0.3, -0.25) is 14.4 Å².